The van der Waals surface area contributed by atoms with Gasteiger partial charge in [-0.3, -0.25) is 9.59 Å². The molecular formula is C12H20BO6-. The summed E-state index contributed by atoms with van der Waals surface area (Å²) in [5.74, 6) is -1.04. The van der Waals surface area contributed by atoms with Gasteiger partial charge in [-0.15, -0.1) is 0 Å². The molecule has 2 heterocycles. The van der Waals surface area contributed by atoms with Crippen molar-refractivity contribution < 1.29 is 28.2 Å². The van der Waals surface area contributed by atoms with Crippen LogP contribution < -0.4 is 0 Å². The molecule has 6 nitrogen and oxygen atoms in total. The second kappa shape index (κ2) is 4.49. The summed E-state index contributed by atoms with van der Waals surface area (Å²) in [6, 6.07) is 0. The normalized spacial score (nSPS) is 26.5. The summed E-state index contributed by atoms with van der Waals surface area (Å²) < 4.78 is 21.7. The molecule has 0 aromatic carbocycles. The molecule has 108 valence electrons. The molecule has 1 spiro atoms. The number of carbonyl (C=O) groups is 2. The standard InChI is InChI=1S/C12H20BO6/c1-5-11(6-2)9(14)16-13(18-11)17-10(15)12(7-3,8-4)19-13/h5-8H2,1-4H3/q-1. The average Bonchev–Trinajstić information content (AvgIpc) is 2.84. The molecule has 7 heteroatoms. The third kappa shape index (κ3) is 1.87. The highest BCUT2D eigenvalue weighted by Gasteiger charge is 2.64. The van der Waals surface area contributed by atoms with E-state index < -0.39 is 30.1 Å². The summed E-state index contributed by atoms with van der Waals surface area (Å²) in [6.45, 7) is 4.55. The van der Waals surface area contributed by atoms with Gasteiger partial charge in [0.15, 0.2) is 0 Å². The predicted octanol–water partition coefficient (Wildman–Crippen LogP) is 1.69. The molecule has 0 aromatic heterocycles. The van der Waals surface area contributed by atoms with Crippen LogP contribution in [0.2, 0.25) is 0 Å². The topological polar surface area (TPSA) is 71.1 Å². The second-order valence-corrected chi connectivity index (χ2v) is 5.03. The number of carbonyl (C=O) groups excluding carboxylic acids is 2. The quantitative estimate of drug-likeness (QED) is 0.724. The molecule has 2 saturated heterocycles. The van der Waals surface area contributed by atoms with Gasteiger partial charge >= 0.3 is 6.96 Å². The van der Waals surface area contributed by atoms with E-state index in [0.717, 1.165) is 0 Å². The van der Waals surface area contributed by atoms with Crippen LogP contribution in [0.1, 0.15) is 53.4 Å². The number of hydrogen-bond acceptors (Lipinski definition) is 6. The molecule has 0 bridgehead atoms. The molecule has 0 unspecified atom stereocenters. The van der Waals surface area contributed by atoms with Gasteiger partial charge in [0.25, 0.3) is 11.9 Å². The summed E-state index contributed by atoms with van der Waals surface area (Å²) in [5.41, 5.74) is -2.14. The molecule has 0 saturated carbocycles. The molecule has 19 heavy (non-hydrogen) atoms. The third-order valence-electron chi connectivity index (χ3n) is 4.27. The van der Waals surface area contributed by atoms with Crippen molar-refractivity contribution in [2.45, 2.75) is 64.6 Å². The minimum atomic E-state index is -2.74. The van der Waals surface area contributed by atoms with Gasteiger partial charge in [-0.2, -0.15) is 0 Å². The molecule has 0 aromatic rings. The molecule has 0 atom stereocenters. The minimum absolute atomic E-state index is 0.442. The number of rotatable bonds is 4. The van der Waals surface area contributed by atoms with Gasteiger partial charge < -0.3 is 18.6 Å². The highest BCUT2D eigenvalue weighted by atomic mass is 16.9. The van der Waals surface area contributed by atoms with Crippen molar-refractivity contribution in [1.82, 2.24) is 0 Å². The van der Waals surface area contributed by atoms with Crippen LogP contribution in [0.4, 0.5) is 0 Å². The molecule has 0 N–H and O–H groups in total. The summed E-state index contributed by atoms with van der Waals surface area (Å²) in [5, 5.41) is 0. The Hall–Kier alpha value is -1.08. The van der Waals surface area contributed by atoms with E-state index in [1.165, 1.54) is 0 Å². The van der Waals surface area contributed by atoms with Crippen molar-refractivity contribution in [1.29, 1.82) is 0 Å². The molecule has 0 aliphatic carbocycles. The van der Waals surface area contributed by atoms with E-state index in [0.29, 0.717) is 25.7 Å². The first-order chi connectivity index (χ1) is 8.91. The van der Waals surface area contributed by atoms with Crippen LogP contribution in [0.5, 0.6) is 0 Å². The van der Waals surface area contributed by atoms with Crippen LogP contribution in [-0.2, 0) is 28.2 Å². The lowest BCUT2D eigenvalue weighted by molar-refractivity contribution is -0.144. The van der Waals surface area contributed by atoms with Gasteiger partial charge in [0.1, 0.15) is 11.2 Å². The van der Waals surface area contributed by atoms with Crippen molar-refractivity contribution in [3.63, 3.8) is 0 Å². The molecule has 0 amide bonds. The van der Waals surface area contributed by atoms with Crippen molar-refractivity contribution in [2.75, 3.05) is 0 Å². The van der Waals surface area contributed by atoms with Gasteiger partial charge in [-0.25, -0.2) is 0 Å². The Labute approximate surface area is 112 Å². The largest absolute Gasteiger partial charge is 0.657 e. The zero-order valence-corrected chi connectivity index (χ0v) is 11.9. The molecular weight excluding hydrogens is 251 g/mol. The summed E-state index contributed by atoms with van der Waals surface area (Å²) in [7, 11) is 0. The van der Waals surface area contributed by atoms with Crippen molar-refractivity contribution >= 4 is 18.9 Å². The second-order valence-electron chi connectivity index (χ2n) is 5.03. The first-order valence-electron chi connectivity index (χ1n) is 6.91. The van der Waals surface area contributed by atoms with Crippen molar-refractivity contribution in [2.24, 2.45) is 0 Å². The maximum Gasteiger partial charge on any atom is 0.657 e. The van der Waals surface area contributed by atoms with Gasteiger partial charge in [-0.05, 0) is 25.7 Å². The summed E-state index contributed by atoms with van der Waals surface area (Å²) in [4.78, 5) is 24.0. The molecule has 2 aliphatic rings. The maximum atomic E-state index is 12.0. The fourth-order valence-corrected chi connectivity index (χ4v) is 2.68. The van der Waals surface area contributed by atoms with E-state index in [1.807, 2.05) is 27.7 Å². The van der Waals surface area contributed by atoms with E-state index in [9.17, 15) is 9.59 Å². The fraction of sp³-hybridized carbons (Fsp3) is 0.833. The zero-order chi connectivity index (χ0) is 14.3. The van der Waals surface area contributed by atoms with Crippen LogP contribution >= 0.6 is 0 Å². The Bertz CT molecular complexity index is 361. The zero-order valence-electron chi connectivity index (χ0n) is 11.9. The van der Waals surface area contributed by atoms with Crippen LogP contribution in [0.25, 0.3) is 0 Å². The maximum absolute atomic E-state index is 12.0. The lowest BCUT2D eigenvalue weighted by Crippen LogP contribution is -2.45. The highest BCUT2D eigenvalue weighted by Crippen LogP contribution is 2.44. The minimum Gasteiger partial charge on any atom is -0.606 e. The predicted molar refractivity (Wildman–Crippen MR) is 66.7 cm³/mol. The van der Waals surface area contributed by atoms with Crippen LogP contribution in [0.3, 0.4) is 0 Å². The van der Waals surface area contributed by atoms with Gasteiger partial charge in [0, 0.05) is 0 Å². The Morgan fingerprint density at radius 3 is 1.32 bits per heavy atom. The van der Waals surface area contributed by atoms with Gasteiger partial charge in [0.05, 0.1) is 0 Å². The summed E-state index contributed by atoms with van der Waals surface area (Å²) >= 11 is 0. The Balaban J connectivity index is 2.29. The van der Waals surface area contributed by atoms with Gasteiger partial charge in [0.2, 0.25) is 0 Å². The van der Waals surface area contributed by atoms with Crippen molar-refractivity contribution in [3.8, 4) is 0 Å². The third-order valence-corrected chi connectivity index (χ3v) is 4.27. The number of hydrogen-bond donors (Lipinski definition) is 0. The fourth-order valence-electron chi connectivity index (χ4n) is 2.68. The summed E-state index contributed by atoms with van der Waals surface area (Å²) in [6.07, 6.45) is 1.77. The smallest absolute Gasteiger partial charge is 0.606 e. The van der Waals surface area contributed by atoms with E-state index in [1.54, 1.807) is 0 Å². The van der Waals surface area contributed by atoms with Gasteiger partial charge in [-0.1, -0.05) is 27.7 Å². The Kier molecular flexibility index (Phi) is 3.39. The average molecular weight is 271 g/mol. The van der Waals surface area contributed by atoms with Crippen LogP contribution in [-0.4, -0.2) is 30.1 Å². The first-order valence-corrected chi connectivity index (χ1v) is 6.91. The Morgan fingerprint density at radius 1 is 0.789 bits per heavy atom. The van der Waals surface area contributed by atoms with Crippen LogP contribution in [0, 0.1) is 0 Å². The molecule has 2 fully saturated rings. The van der Waals surface area contributed by atoms with E-state index in [-0.39, 0.29) is 0 Å². The van der Waals surface area contributed by atoms with E-state index in [4.69, 9.17) is 18.6 Å². The molecule has 2 aliphatic heterocycles. The SMILES string of the molecule is CCC1(CC)O[B-]2(OC1=O)OC(=O)C(CC)(CC)O2. The first kappa shape index (κ1) is 14.3. The lowest BCUT2D eigenvalue weighted by Gasteiger charge is -2.32. The Morgan fingerprint density at radius 2 is 1.11 bits per heavy atom. The monoisotopic (exact) mass is 271 g/mol. The molecule has 2 rings (SSSR count). The van der Waals surface area contributed by atoms with Crippen LogP contribution in [0.15, 0.2) is 0 Å². The molecule has 0 radical (unpaired) electrons. The van der Waals surface area contributed by atoms with E-state index >= 15 is 0 Å². The highest BCUT2D eigenvalue weighted by molar-refractivity contribution is 6.61. The van der Waals surface area contributed by atoms with E-state index in [2.05, 4.69) is 0 Å². The lowest BCUT2D eigenvalue weighted by atomic mass is 9.95. The van der Waals surface area contributed by atoms with Crippen molar-refractivity contribution in [3.05, 3.63) is 0 Å².